The van der Waals surface area contributed by atoms with Crippen LogP contribution in [0.4, 0.5) is 4.79 Å². The number of benzene rings is 2. The molecule has 0 spiro atoms. The molecule has 2 aliphatic heterocycles. The highest BCUT2D eigenvalue weighted by molar-refractivity contribution is 5.94. The third-order valence-electron chi connectivity index (χ3n) is 7.90. The summed E-state index contributed by atoms with van der Waals surface area (Å²) in [6.45, 7) is 10.9. The normalized spacial score (nSPS) is 14.8. The van der Waals surface area contributed by atoms with Crippen molar-refractivity contribution >= 4 is 17.6 Å². The monoisotopic (exact) mass is 569 g/mol. The smallest absolute Gasteiger partial charge is 0.414 e. The van der Waals surface area contributed by atoms with E-state index in [9.17, 15) is 9.59 Å². The molecule has 0 radical (unpaired) electrons. The predicted molar refractivity (Wildman–Crippen MR) is 158 cm³/mol. The summed E-state index contributed by atoms with van der Waals surface area (Å²) in [5, 5.41) is 2.82. The molecular weight excluding hydrogens is 534 g/mol. The third kappa shape index (κ3) is 5.49. The van der Waals surface area contributed by atoms with Gasteiger partial charge in [0.15, 0.2) is 11.5 Å². The van der Waals surface area contributed by atoms with E-state index in [0.29, 0.717) is 35.1 Å². The van der Waals surface area contributed by atoms with Crippen molar-refractivity contribution in [1.82, 2.24) is 24.5 Å². The van der Waals surface area contributed by atoms with Gasteiger partial charge in [-0.05, 0) is 72.5 Å². The number of ether oxygens (including phenoxy) is 3. The average Bonchev–Trinajstić information content (AvgIpc) is 3.64. The first-order valence-electron chi connectivity index (χ1n) is 14.4. The van der Waals surface area contributed by atoms with Gasteiger partial charge in [-0.15, -0.1) is 0 Å². The van der Waals surface area contributed by atoms with Crippen molar-refractivity contribution in [3.63, 3.8) is 0 Å². The Balaban J connectivity index is 1.19. The Morgan fingerprint density at radius 1 is 0.952 bits per heavy atom. The molecule has 10 heteroatoms. The number of amides is 2. The number of hydrogen-bond donors (Lipinski definition) is 1. The SMILES string of the molecule is CCc1nc2c(C)cc(-c3ccc(C(=O)N4CCN(CC)CC4)cc3)cn2c1OC(=O)NCc1ccc2c(c1)OCO2. The second-order valence-electron chi connectivity index (χ2n) is 10.6. The minimum absolute atomic E-state index is 0.0635. The molecule has 1 N–H and O–H groups in total. The van der Waals surface area contributed by atoms with Crippen molar-refractivity contribution in [2.45, 2.75) is 33.7 Å². The molecule has 2 amide bonds. The minimum Gasteiger partial charge on any atom is -0.454 e. The Labute approximate surface area is 244 Å². The Morgan fingerprint density at radius 2 is 1.71 bits per heavy atom. The second-order valence-corrected chi connectivity index (χ2v) is 10.6. The predicted octanol–water partition coefficient (Wildman–Crippen LogP) is 4.67. The molecule has 6 rings (SSSR count). The van der Waals surface area contributed by atoms with E-state index in [1.54, 1.807) is 0 Å². The number of rotatable bonds is 7. The van der Waals surface area contributed by atoms with E-state index in [1.807, 2.05) is 71.8 Å². The summed E-state index contributed by atoms with van der Waals surface area (Å²) >= 11 is 0. The molecule has 1 saturated heterocycles. The quantitative estimate of drug-likeness (QED) is 0.346. The van der Waals surface area contributed by atoms with Crippen molar-refractivity contribution in [2.24, 2.45) is 0 Å². The molecule has 0 aliphatic carbocycles. The molecule has 42 heavy (non-hydrogen) atoms. The molecule has 2 aliphatic rings. The van der Waals surface area contributed by atoms with Crippen molar-refractivity contribution < 1.29 is 23.8 Å². The van der Waals surface area contributed by atoms with Crippen LogP contribution in [0.1, 0.15) is 41.0 Å². The highest BCUT2D eigenvalue weighted by Gasteiger charge is 2.22. The summed E-state index contributed by atoms with van der Waals surface area (Å²) in [7, 11) is 0. The molecule has 10 nitrogen and oxygen atoms in total. The fraction of sp³-hybridized carbons (Fsp3) is 0.344. The number of nitrogens with zero attached hydrogens (tertiary/aromatic N) is 4. The van der Waals surface area contributed by atoms with Crippen molar-refractivity contribution in [1.29, 1.82) is 0 Å². The Kier molecular flexibility index (Phi) is 7.71. The zero-order valence-corrected chi connectivity index (χ0v) is 24.2. The molecule has 4 heterocycles. The van der Waals surface area contributed by atoms with Crippen LogP contribution >= 0.6 is 0 Å². The molecule has 1 fully saturated rings. The molecule has 2 aromatic heterocycles. The van der Waals surface area contributed by atoms with Crippen LogP contribution < -0.4 is 19.5 Å². The summed E-state index contributed by atoms with van der Waals surface area (Å²) in [6, 6.07) is 15.3. The summed E-state index contributed by atoms with van der Waals surface area (Å²) in [5.74, 6) is 1.80. The number of pyridine rings is 1. The number of nitrogens with one attached hydrogen (secondary N) is 1. The molecule has 0 saturated carbocycles. The van der Waals surface area contributed by atoms with Crippen LogP contribution in [-0.2, 0) is 13.0 Å². The van der Waals surface area contributed by atoms with Crippen LogP contribution in [-0.4, -0.2) is 70.7 Å². The maximum absolute atomic E-state index is 13.1. The molecule has 0 bridgehead atoms. The number of aryl methyl sites for hydroxylation is 2. The van der Waals surface area contributed by atoms with Gasteiger partial charge in [0, 0.05) is 44.5 Å². The maximum Gasteiger partial charge on any atom is 0.414 e. The van der Waals surface area contributed by atoms with E-state index in [0.717, 1.165) is 60.6 Å². The third-order valence-corrected chi connectivity index (χ3v) is 7.90. The maximum atomic E-state index is 13.1. The first-order chi connectivity index (χ1) is 20.4. The topological polar surface area (TPSA) is 97.6 Å². The number of carbonyl (C=O) groups is 2. The molecule has 2 aromatic carbocycles. The summed E-state index contributed by atoms with van der Waals surface area (Å²) < 4.78 is 18.4. The van der Waals surface area contributed by atoms with Gasteiger partial charge in [0.2, 0.25) is 12.7 Å². The Morgan fingerprint density at radius 3 is 2.45 bits per heavy atom. The second kappa shape index (κ2) is 11.7. The molecule has 218 valence electrons. The zero-order valence-electron chi connectivity index (χ0n) is 24.2. The van der Waals surface area contributed by atoms with Gasteiger partial charge in [0.25, 0.3) is 5.91 Å². The fourth-order valence-electron chi connectivity index (χ4n) is 5.44. The average molecular weight is 570 g/mol. The summed E-state index contributed by atoms with van der Waals surface area (Å²) in [4.78, 5) is 35.0. The van der Waals surface area contributed by atoms with Gasteiger partial charge in [-0.1, -0.05) is 32.0 Å². The van der Waals surface area contributed by atoms with E-state index in [-0.39, 0.29) is 19.2 Å². The number of likely N-dealkylation sites (N-methyl/N-ethyl adjacent to an activating group) is 1. The van der Waals surface area contributed by atoms with Crippen LogP contribution in [0.3, 0.4) is 0 Å². The number of piperazine rings is 1. The van der Waals surface area contributed by atoms with Gasteiger partial charge < -0.3 is 29.3 Å². The Hall–Kier alpha value is -4.57. The van der Waals surface area contributed by atoms with Crippen LogP contribution in [0.5, 0.6) is 17.4 Å². The number of fused-ring (bicyclic) bond motifs is 2. The molecule has 0 atom stereocenters. The van der Waals surface area contributed by atoms with Crippen LogP contribution in [0.2, 0.25) is 0 Å². The lowest BCUT2D eigenvalue weighted by Crippen LogP contribution is -2.48. The van der Waals surface area contributed by atoms with Crippen molar-refractivity contribution in [3.8, 4) is 28.5 Å². The van der Waals surface area contributed by atoms with E-state index < -0.39 is 6.09 Å². The number of imidazole rings is 1. The molecule has 4 aromatic rings. The fourth-order valence-corrected chi connectivity index (χ4v) is 5.44. The minimum atomic E-state index is -0.574. The van der Waals surface area contributed by atoms with Gasteiger partial charge in [-0.2, -0.15) is 0 Å². The number of hydrogen-bond acceptors (Lipinski definition) is 7. The van der Waals surface area contributed by atoms with E-state index in [2.05, 4.69) is 23.2 Å². The summed E-state index contributed by atoms with van der Waals surface area (Å²) in [6.07, 6.45) is 1.95. The lowest BCUT2D eigenvalue weighted by molar-refractivity contribution is 0.0643. The zero-order chi connectivity index (χ0) is 29.2. The Bertz CT molecular complexity index is 1620. The highest BCUT2D eigenvalue weighted by Crippen LogP contribution is 2.33. The van der Waals surface area contributed by atoms with Gasteiger partial charge in [-0.25, -0.2) is 9.78 Å². The molecule has 0 unspecified atom stereocenters. The van der Waals surface area contributed by atoms with E-state index >= 15 is 0 Å². The first kappa shape index (κ1) is 27.6. The lowest BCUT2D eigenvalue weighted by atomic mass is 10.0. The lowest BCUT2D eigenvalue weighted by Gasteiger charge is -2.34. The van der Waals surface area contributed by atoms with Gasteiger partial charge in [0.1, 0.15) is 11.3 Å². The van der Waals surface area contributed by atoms with Crippen molar-refractivity contribution in [3.05, 3.63) is 77.1 Å². The van der Waals surface area contributed by atoms with Crippen LogP contribution in [0.25, 0.3) is 16.8 Å². The van der Waals surface area contributed by atoms with Crippen molar-refractivity contribution in [2.75, 3.05) is 39.5 Å². The first-order valence-corrected chi connectivity index (χ1v) is 14.4. The standard InChI is InChI=1S/C32H35N5O5/c1-4-26-31(42-32(39)33-18-22-6-11-27-28(17-22)41-20-40-27)37-19-25(16-21(3)29(37)34-26)23-7-9-24(10-8-23)30(38)36-14-12-35(5-2)13-15-36/h6-11,16-17,19H,4-5,12-15,18,20H2,1-3H3,(H,33,39). The largest absolute Gasteiger partial charge is 0.454 e. The highest BCUT2D eigenvalue weighted by atomic mass is 16.7. The van der Waals surface area contributed by atoms with Gasteiger partial charge >= 0.3 is 6.09 Å². The molecular formula is C32H35N5O5. The van der Waals surface area contributed by atoms with E-state index in [4.69, 9.17) is 19.2 Å². The number of carbonyl (C=O) groups excluding carboxylic acids is 2. The van der Waals surface area contributed by atoms with Crippen LogP contribution in [0, 0.1) is 6.92 Å². The number of aromatic nitrogens is 2. The van der Waals surface area contributed by atoms with Gasteiger partial charge in [-0.3, -0.25) is 9.20 Å². The van der Waals surface area contributed by atoms with E-state index in [1.165, 1.54) is 0 Å². The summed E-state index contributed by atoms with van der Waals surface area (Å²) in [5.41, 5.74) is 5.81. The van der Waals surface area contributed by atoms with Gasteiger partial charge in [0.05, 0.1) is 0 Å². The van der Waals surface area contributed by atoms with Crippen LogP contribution in [0.15, 0.2) is 54.7 Å².